The van der Waals surface area contributed by atoms with Gasteiger partial charge in [-0.1, -0.05) is 0 Å². The quantitative estimate of drug-likeness (QED) is 0.271. The standard InChI is InChI=1S/C21H24N2O9/c1-10-21(31,9-23-20(30)12-3-5-14(25)16(27)7-12)18(28)17(32-10)8-22-19(29)11-2-4-13(24)15(26)6-11/h2-7,10,17-18,24-28,31H,8-9H2,1H3,(H,22,29)(H,23,30)/t10?,17-,18-,21+/m1/s1. The molecule has 11 heteroatoms. The number of ether oxygens (including phenoxy) is 1. The number of phenols is 4. The average Bonchev–Trinajstić information content (AvgIpc) is 2.97. The number of hydrogen-bond acceptors (Lipinski definition) is 9. The third-order valence-electron chi connectivity index (χ3n) is 5.42. The van der Waals surface area contributed by atoms with Crippen molar-refractivity contribution in [1.82, 2.24) is 10.6 Å². The molecule has 0 bridgehead atoms. The van der Waals surface area contributed by atoms with Gasteiger partial charge in [0.1, 0.15) is 17.8 Å². The summed E-state index contributed by atoms with van der Waals surface area (Å²) in [5, 5.41) is 64.1. The van der Waals surface area contributed by atoms with Crippen molar-refractivity contribution >= 4 is 11.8 Å². The molecular formula is C21H24N2O9. The molecule has 8 N–H and O–H groups in total. The molecule has 3 rings (SSSR count). The number of carbonyl (C=O) groups is 2. The number of phenolic OH excluding ortho intramolecular Hbond substituents is 4. The molecule has 32 heavy (non-hydrogen) atoms. The fourth-order valence-corrected chi connectivity index (χ4v) is 3.37. The Bertz CT molecular complexity index is 1030. The van der Waals surface area contributed by atoms with Crippen LogP contribution < -0.4 is 10.6 Å². The van der Waals surface area contributed by atoms with Gasteiger partial charge in [0.15, 0.2) is 23.0 Å². The largest absolute Gasteiger partial charge is 0.504 e. The van der Waals surface area contributed by atoms with Crippen LogP contribution in [0.25, 0.3) is 0 Å². The molecule has 2 aromatic carbocycles. The number of nitrogens with one attached hydrogen (secondary N) is 2. The molecule has 2 amide bonds. The van der Waals surface area contributed by atoms with Crippen molar-refractivity contribution in [2.24, 2.45) is 0 Å². The molecule has 1 heterocycles. The number of aliphatic hydroxyl groups is 2. The summed E-state index contributed by atoms with van der Waals surface area (Å²) in [6, 6.07) is 7.00. The van der Waals surface area contributed by atoms with Crippen LogP contribution in [0.4, 0.5) is 0 Å². The minimum atomic E-state index is -1.86. The van der Waals surface area contributed by atoms with Crippen molar-refractivity contribution in [3.05, 3.63) is 47.5 Å². The van der Waals surface area contributed by atoms with Gasteiger partial charge in [0.2, 0.25) is 0 Å². The third-order valence-corrected chi connectivity index (χ3v) is 5.42. The molecule has 0 radical (unpaired) electrons. The van der Waals surface area contributed by atoms with Crippen molar-refractivity contribution in [3.8, 4) is 23.0 Å². The highest BCUT2D eigenvalue weighted by Crippen LogP contribution is 2.31. The molecule has 1 fully saturated rings. The summed E-state index contributed by atoms with van der Waals surface area (Å²) in [6.45, 7) is 0.946. The second-order valence-corrected chi connectivity index (χ2v) is 7.55. The maximum absolute atomic E-state index is 12.3. The monoisotopic (exact) mass is 448 g/mol. The Kier molecular flexibility index (Phi) is 6.44. The first-order valence-corrected chi connectivity index (χ1v) is 9.69. The van der Waals surface area contributed by atoms with E-state index in [2.05, 4.69) is 10.6 Å². The zero-order valence-corrected chi connectivity index (χ0v) is 17.0. The van der Waals surface area contributed by atoms with Gasteiger partial charge in [-0.25, -0.2) is 0 Å². The van der Waals surface area contributed by atoms with E-state index in [-0.39, 0.29) is 35.7 Å². The molecule has 11 nitrogen and oxygen atoms in total. The normalized spacial score (nSPS) is 24.8. The lowest BCUT2D eigenvalue weighted by Crippen LogP contribution is -2.56. The molecule has 1 saturated heterocycles. The number of amides is 2. The number of hydrogen-bond donors (Lipinski definition) is 8. The van der Waals surface area contributed by atoms with E-state index >= 15 is 0 Å². The predicted molar refractivity (Wildman–Crippen MR) is 110 cm³/mol. The molecule has 1 aliphatic rings. The molecule has 0 spiro atoms. The van der Waals surface area contributed by atoms with E-state index in [0.29, 0.717) is 0 Å². The SMILES string of the molecule is CC1O[C@H](CNC(=O)c2ccc(O)c(O)c2)[C@@H](O)[C@]1(O)CNC(=O)c1ccc(O)c(O)c1. The van der Waals surface area contributed by atoms with Crippen LogP contribution in [0, 0.1) is 0 Å². The van der Waals surface area contributed by atoms with E-state index in [1.54, 1.807) is 0 Å². The molecule has 1 aliphatic heterocycles. The van der Waals surface area contributed by atoms with Crippen molar-refractivity contribution < 1.29 is 45.0 Å². The van der Waals surface area contributed by atoms with Gasteiger partial charge in [-0.05, 0) is 43.3 Å². The van der Waals surface area contributed by atoms with Crippen molar-refractivity contribution in [2.45, 2.75) is 30.8 Å². The van der Waals surface area contributed by atoms with Crippen molar-refractivity contribution in [2.75, 3.05) is 13.1 Å². The van der Waals surface area contributed by atoms with E-state index in [0.717, 1.165) is 24.3 Å². The molecule has 0 aromatic heterocycles. The number of benzene rings is 2. The van der Waals surface area contributed by atoms with Gasteiger partial charge in [-0.3, -0.25) is 9.59 Å². The van der Waals surface area contributed by atoms with E-state index in [1.807, 2.05) is 0 Å². The van der Waals surface area contributed by atoms with Gasteiger partial charge in [0.25, 0.3) is 11.8 Å². The van der Waals surface area contributed by atoms with Gasteiger partial charge in [0.05, 0.1) is 12.6 Å². The minimum absolute atomic E-state index is 0.0333. The molecule has 2 aromatic rings. The lowest BCUT2D eigenvalue weighted by molar-refractivity contribution is -0.0682. The molecule has 0 aliphatic carbocycles. The number of carbonyl (C=O) groups excluding carboxylic acids is 2. The number of aliphatic hydroxyl groups excluding tert-OH is 1. The first-order chi connectivity index (χ1) is 15.0. The topological polar surface area (TPSA) is 189 Å². The Labute approximate surface area is 182 Å². The van der Waals surface area contributed by atoms with Gasteiger partial charge < -0.3 is 46.0 Å². The lowest BCUT2D eigenvalue weighted by Gasteiger charge is -2.29. The maximum Gasteiger partial charge on any atom is 0.251 e. The summed E-state index contributed by atoms with van der Waals surface area (Å²) >= 11 is 0. The minimum Gasteiger partial charge on any atom is -0.504 e. The molecular weight excluding hydrogens is 424 g/mol. The van der Waals surface area contributed by atoms with Crippen molar-refractivity contribution in [3.63, 3.8) is 0 Å². The van der Waals surface area contributed by atoms with Crippen LogP contribution in [0.1, 0.15) is 27.6 Å². The zero-order valence-electron chi connectivity index (χ0n) is 17.0. The van der Waals surface area contributed by atoms with E-state index in [1.165, 1.54) is 19.1 Å². The number of aromatic hydroxyl groups is 4. The zero-order chi connectivity index (χ0) is 23.6. The van der Waals surface area contributed by atoms with E-state index in [9.17, 15) is 40.2 Å². The van der Waals surface area contributed by atoms with E-state index in [4.69, 9.17) is 4.74 Å². The van der Waals surface area contributed by atoms with Crippen LogP contribution in [0.3, 0.4) is 0 Å². The second-order valence-electron chi connectivity index (χ2n) is 7.55. The summed E-state index contributed by atoms with van der Waals surface area (Å²) in [4.78, 5) is 24.5. The van der Waals surface area contributed by atoms with Crippen molar-refractivity contribution in [1.29, 1.82) is 0 Å². The summed E-state index contributed by atoms with van der Waals surface area (Å²) in [5.74, 6) is -2.96. The van der Waals surface area contributed by atoms with Crippen LogP contribution >= 0.6 is 0 Å². The molecule has 4 atom stereocenters. The molecule has 1 unspecified atom stereocenters. The van der Waals surface area contributed by atoms with Gasteiger partial charge >= 0.3 is 0 Å². The second kappa shape index (κ2) is 8.91. The smallest absolute Gasteiger partial charge is 0.251 e. The summed E-state index contributed by atoms with van der Waals surface area (Å²) in [6.07, 6.45) is -3.34. The summed E-state index contributed by atoms with van der Waals surface area (Å²) < 4.78 is 5.56. The Morgan fingerprint density at radius 3 is 1.91 bits per heavy atom. The summed E-state index contributed by atoms with van der Waals surface area (Å²) in [5.41, 5.74) is -1.76. The van der Waals surface area contributed by atoms with Gasteiger partial charge in [0, 0.05) is 17.7 Å². The van der Waals surface area contributed by atoms with Gasteiger partial charge in [-0.15, -0.1) is 0 Å². The fraction of sp³-hybridized carbons (Fsp3) is 0.333. The van der Waals surface area contributed by atoms with Crippen LogP contribution in [0.15, 0.2) is 36.4 Å². The predicted octanol–water partition coefficient (Wildman–Crippen LogP) is -0.452. The Hall–Kier alpha value is -3.54. The Morgan fingerprint density at radius 2 is 1.41 bits per heavy atom. The Balaban J connectivity index is 1.59. The molecule has 0 saturated carbocycles. The van der Waals surface area contributed by atoms with Crippen LogP contribution in [-0.2, 0) is 4.74 Å². The summed E-state index contributed by atoms with van der Waals surface area (Å²) in [7, 11) is 0. The van der Waals surface area contributed by atoms with Crippen LogP contribution in [-0.4, -0.2) is 79.5 Å². The highest BCUT2D eigenvalue weighted by molar-refractivity contribution is 5.95. The maximum atomic E-state index is 12.3. The highest BCUT2D eigenvalue weighted by Gasteiger charge is 2.53. The van der Waals surface area contributed by atoms with Gasteiger partial charge in [-0.2, -0.15) is 0 Å². The first-order valence-electron chi connectivity index (χ1n) is 9.69. The van der Waals surface area contributed by atoms with E-state index < -0.39 is 47.2 Å². The highest BCUT2D eigenvalue weighted by atomic mass is 16.5. The Morgan fingerprint density at radius 1 is 0.906 bits per heavy atom. The van der Waals surface area contributed by atoms with Crippen LogP contribution in [0.2, 0.25) is 0 Å². The fourth-order valence-electron chi connectivity index (χ4n) is 3.37. The van der Waals surface area contributed by atoms with Crippen LogP contribution in [0.5, 0.6) is 23.0 Å². The molecule has 172 valence electrons. The average molecular weight is 448 g/mol. The third kappa shape index (κ3) is 4.54. The number of rotatable bonds is 6. The lowest BCUT2D eigenvalue weighted by atomic mass is 9.91. The first kappa shape index (κ1) is 23.1.